The smallest absolute Gasteiger partial charge is 0.419 e. The zero-order valence-corrected chi connectivity index (χ0v) is 17.2. The van der Waals surface area contributed by atoms with Gasteiger partial charge in [0.25, 0.3) is 5.69 Å². The van der Waals surface area contributed by atoms with E-state index >= 15 is 0 Å². The van der Waals surface area contributed by atoms with Crippen molar-refractivity contribution in [3.63, 3.8) is 0 Å². The topological polar surface area (TPSA) is 108 Å². The first-order valence-electron chi connectivity index (χ1n) is 10.2. The summed E-state index contributed by atoms with van der Waals surface area (Å²) in [6.07, 6.45) is 1.72. The number of ether oxygens (including phenoxy) is 1. The van der Waals surface area contributed by atoms with Gasteiger partial charge in [0, 0.05) is 38.0 Å². The lowest BCUT2D eigenvalue weighted by molar-refractivity contribution is -0.384. The summed E-state index contributed by atoms with van der Waals surface area (Å²) in [6, 6.07) is 12.0. The molecule has 0 radical (unpaired) electrons. The number of amides is 1. The van der Waals surface area contributed by atoms with Crippen molar-refractivity contribution >= 4 is 22.7 Å². The van der Waals surface area contributed by atoms with Gasteiger partial charge in [-0.3, -0.25) is 19.5 Å². The second-order valence-electron chi connectivity index (χ2n) is 7.63. The number of oxazole rings is 1. The van der Waals surface area contributed by atoms with Crippen LogP contribution in [0.15, 0.2) is 51.7 Å². The molecule has 9 heteroatoms. The van der Waals surface area contributed by atoms with E-state index in [1.54, 1.807) is 7.11 Å². The molecule has 2 heterocycles. The normalized spacial score (nSPS) is 16.0. The highest BCUT2D eigenvalue weighted by Gasteiger charge is 2.27. The van der Waals surface area contributed by atoms with Gasteiger partial charge in [-0.2, -0.15) is 0 Å². The summed E-state index contributed by atoms with van der Waals surface area (Å²) in [7, 11) is 1.63. The number of aromatic nitrogens is 1. The van der Waals surface area contributed by atoms with Crippen molar-refractivity contribution < 1.29 is 18.9 Å². The first-order valence-corrected chi connectivity index (χ1v) is 10.2. The number of hydrogen-bond donors (Lipinski definition) is 0. The Labute approximate surface area is 178 Å². The van der Waals surface area contributed by atoms with Crippen molar-refractivity contribution in [2.45, 2.75) is 31.7 Å². The summed E-state index contributed by atoms with van der Waals surface area (Å²) in [5.41, 5.74) is 1.72. The number of nitro groups is 1. The van der Waals surface area contributed by atoms with E-state index in [-0.39, 0.29) is 17.2 Å². The predicted octanol–water partition coefficient (Wildman–Crippen LogP) is 3.31. The number of aryl methyl sites for hydroxylation is 1. The van der Waals surface area contributed by atoms with Crippen LogP contribution in [-0.2, 0) is 11.3 Å². The van der Waals surface area contributed by atoms with Crippen molar-refractivity contribution in [2.24, 2.45) is 0 Å². The van der Waals surface area contributed by atoms with Gasteiger partial charge in [-0.15, -0.1) is 0 Å². The van der Waals surface area contributed by atoms with Crippen LogP contribution in [0.4, 0.5) is 5.69 Å². The average molecular weight is 425 g/mol. The van der Waals surface area contributed by atoms with E-state index in [9.17, 15) is 19.7 Å². The van der Waals surface area contributed by atoms with E-state index in [1.165, 1.54) is 28.3 Å². The fourth-order valence-electron chi connectivity index (χ4n) is 4.06. The first-order chi connectivity index (χ1) is 15.0. The SMILES string of the molecule is COc1ccc(C2CCN(C(=O)CCCn3c(=O)oc4cc([N+](=O)[O-])ccc43)C2)cc1. The molecule has 1 amide bonds. The molecule has 0 saturated carbocycles. The predicted molar refractivity (Wildman–Crippen MR) is 113 cm³/mol. The van der Waals surface area contributed by atoms with E-state index in [0.717, 1.165) is 12.2 Å². The molecule has 0 aliphatic carbocycles. The van der Waals surface area contributed by atoms with E-state index in [4.69, 9.17) is 9.15 Å². The lowest BCUT2D eigenvalue weighted by Crippen LogP contribution is -2.28. The van der Waals surface area contributed by atoms with Crippen LogP contribution in [-0.4, -0.2) is 40.5 Å². The largest absolute Gasteiger partial charge is 0.497 e. The van der Waals surface area contributed by atoms with E-state index in [2.05, 4.69) is 0 Å². The van der Waals surface area contributed by atoms with Crippen molar-refractivity contribution in [1.82, 2.24) is 9.47 Å². The number of benzene rings is 2. The second-order valence-corrected chi connectivity index (χ2v) is 7.63. The lowest BCUT2D eigenvalue weighted by Gasteiger charge is -2.17. The third kappa shape index (κ3) is 4.30. The van der Waals surface area contributed by atoms with Gasteiger partial charge >= 0.3 is 5.76 Å². The Balaban J connectivity index is 1.34. The summed E-state index contributed by atoms with van der Waals surface area (Å²) in [4.78, 5) is 37.0. The highest BCUT2D eigenvalue weighted by atomic mass is 16.6. The third-order valence-corrected chi connectivity index (χ3v) is 5.76. The van der Waals surface area contributed by atoms with Gasteiger partial charge in [-0.1, -0.05) is 12.1 Å². The Bertz CT molecular complexity index is 1160. The number of fused-ring (bicyclic) bond motifs is 1. The van der Waals surface area contributed by atoms with Crippen molar-refractivity contribution in [2.75, 3.05) is 20.2 Å². The van der Waals surface area contributed by atoms with Gasteiger partial charge in [0.1, 0.15) is 5.75 Å². The third-order valence-electron chi connectivity index (χ3n) is 5.76. The van der Waals surface area contributed by atoms with Crippen LogP contribution in [0.5, 0.6) is 5.75 Å². The average Bonchev–Trinajstić information content (AvgIpc) is 3.38. The number of non-ortho nitro benzene ring substituents is 1. The molecule has 2 aromatic carbocycles. The van der Waals surface area contributed by atoms with Gasteiger partial charge in [0.2, 0.25) is 5.91 Å². The van der Waals surface area contributed by atoms with Crippen LogP contribution in [0.2, 0.25) is 0 Å². The standard InChI is InChI=1S/C22H23N3O6/c1-30-18-7-4-15(5-8-18)16-10-12-23(14-16)21(26)3-2-11-24-19-9-6-17(25(28)29)13-20(19)31-22(24)27/h4-9,13,16H,2-3,10-12,14H2,1H3. The zero-order chi connectivity index (χ0) is 22.0. The number of hydrogen-bond acceptors (Lipinski definition) is 6. The van der Waals surface area contributed by atoms with Crippen LogP contribution in [0.1, 0.15) is 30.7 Å². The molecule has 0 N–H and O–H groups in total. The minimum absolute atomic E-state index is 0.0625. The minimum atomic E-state index is -0.580. The summed E-state index contributed by atoms with van der Waals surface area (Å²) < 4.78 is 11.7. The van der Waals surface area contributed by atoms with E-state index in [1.807, 2.05) is 29.2 Å². The Morgan fingerprint density at radius 3 is 2.74 bits per heavy atom. The maximum atomic E-state index is 12.6. The molecule has 1 fully saturated rings. The van der Waals surface area contributed by atoms with Gasteiger partial charge < -0.3 is 14.1 Å². The van der Waals surface area contributed by atoms with Gasteiger partial charge in [-0.05, 0) is 36.6 Å². The first kappa shape index (κ1) is 20.6. The number of rotatable bonds is 7. The van der Waals surface area contributed by atoms with Crippen molar-refractivity contribution in [1.29, 1.82) is 0 Å². The molecular formula is C22H23N3O6. The number of methoxy groups -OCH3 is 1. The number of nitro benzene ring substituents is 1. The van der Waals surface area contributed by atoms with Crippen molar-refractivity contribution in [3.8, 4) is 5.75 Å². The number of carbonyl (C=O) groups is 1. The maximum Gasteiger partial charge on any atom is 0.419 e. The lowest BCUT2D eigenvalue weighted by atomic mass is 9.98. The molecular weight excluding hydrogens is 402 g/mol. The highest BCUT2D eigenvalue weighted by Crippen LogP contribution is 2.29. The molecule has 3 aromatic rings. The summed E-state index contributed by atoms with van der Waals surface area (Å²) in [5, 5.41) is 10.9. The van der Waals surface area contributed by atoms with Crippen LogP contribution in [0.25, 0.3) is 11.1 Å². The number of carbonyl (C=O) groups excluding carboxylic acids is 1. The number of nitrogens with zero attached hydrogens (tertiary/aromatic N) is 3. The Kier molecular flexibility index (Phi) is 5.75. The molecule has 0 bridgehead atoms. The molecule has 1 aromatic heterocycles. The van der Waals surface area contributed by atoms with E-state index in [0.29, 0.717) is 43.9 Å². The molecule has 1 aliphatic rings. The molecule has 1 aliphatic heterocycles. The van der Waals surface area contributed by atoms with Gasteiger partial charge in [0.05, 0.1) is 23.6 Å². The Hall–Kier alpha value is -3.62. The Morgan fingerprint density at radius 2 is 2.03 bits per heavy atom. The fourth-order valence-corrected chi connectivity index (χ4v) is 4.06. The summed E-state index contributed by atoms with van der Waals surface area (Å²) in [5.74, 6) is 0.605. The molecule has 1 atom stereocenters. The van der Waals surface area contributed by atoms with Crippen LogP contribution < -0.4 is 10.5 Å². The monoisotopic (exact) mass is 425 g/mol. The fraction of sp³-hybridized carbons (Fsp3) is 0.364. The van der Waals surface area contributed by atoms with Crippen molar-refractivity contribution in [3.05, 3.63) is 68.7 Å². The molecule has 9 nitrogen and oxygen atoms in total. The minimum Gasteiger partial charge on any atom is -0.497 e. The van der Waals surface area contributed by atoms with Crippen LogP contribution >= 0.6 is 0 Å². The van der Waals surface area contributed by atoms with Crippen LogP contribution in [0, 0.1) is 10.1 Å². The molecule has 4 rings (SSSR count). The molecule has 31 heavy (non-hydrogen) atoms. The highest BCUT2D eigenvalue weighted by molar-refractivity contribution is 5.77. The molecule has 162 valence electrons. The summed E-state index contributed by atoms with van der Waals surface area (Å²) >= 11 is 0. The molecule has 0 spiro atoms. The quantitative estimate of drug-likeness (QED) is 0.425. The zero-order valence-electron chi connectivity index (χ0n) is 17.2. The molecule has 1 unspecified atom stereocenters. The summed E-state index contributed by atoms with van der Waals surface area (Å²) in [6.45, 7) is 1.71. The maximum absolute atomic E-state index is 12.6. The van der Waals surface area contributed by atoms with Crippen LogP contribution in [0.3, 0.4) is 0 Å². The van der Waals surface area contributed by atoms with E-state index < -0.39 is 10.7 Å². The second kappa shape index (κ2) is 8.63. The Morgan fingerprint density at radius 1 is 1.26 bits per heavy atom. The van der Waals surface area contributed by atoms with Gasteiger partial charge in [-0.25, -0.2) is 4.79 Å². The molecule has 1 saturated heterocycles. The number of likely N-dealkylation sites (tertiary alicyclic amines) is 1. The van der Waals surface area contributed by atoms with Gasteiger partial charge in [0.15, 0.2) is 5.58 Å².